The van der Waals surface area contributed by atoms with Crippen LogP contribution >= 0.6 is 31.3 Å². The second-order valence-corrected chi connectivity index (χ2v) is 12.0. The van der Waals surface area contributed by atoms with Crippen LogP contribution in [0, 0.1) is 11.8 Å². The van der Waals surface area contributed by atoms with E-state index in [1.807, 2.05) is 0 Å². The zero-order valence-corrected chi connectivity index (χ0v) is 22.4. The molecule has 0 aromatic heterocycles. The van der Waals surface area contributed by atoms with Gasteiger partial charge in [0.2, 0.25) is 0 Å². The van der Waals surface area contributed by atoms with Gasteiger partial charge in [0.05, 0.1) is 46.2 Å². The number of phosphoric acid groups is 4. The molecular formula is C14H34F2N2O17P4-4. The van der Waals surface area contributed by atoms with Crippen LogP contribution in [0.3, 0.4) is 0 Å². The molecular weight excluding hydrogens is 630 g/mol. The maximum Gasteiger partial charge on any atom is 0.268 e. The number of hydrogen-bond acceptors (Lipinski definition) is 18. The maximum absolute atomic E-state index is 12.2. The first-order valence-electron chi connectivity index (χ1n) is 9.81. The highest BCUT2D eigenvalue weighted by atomic mass is 31.2. The Morgan fingerprint density at radius 3 is 1.26 bits per heavy atom. The van der Waals surface area contributed by atoms with Crippen molar-refractivity contribution in [2.45, 2.75) is 14.9 Å². The molecule has 4 N–H and O–H groups in total. The van der Waals surface area contributed by atoms with Gasteiger partial charge in [0, 0.05) is 31.5 Å². The molecule has 0 aliphatic rings. The molecule has 0 amide bonds. The lowest BCUT2D eigenvalue weighted by atomic mass is 10.2. The molecule has 0 fully saturated rings. The van der Waals surface area contributed by atoms with E-state index >= 15 is 0 Å². The summed E-state index contributed by atoms with van der Waals surface area (Å²) in [6.07, 6.45) is 0. The van der Waals surface area contributed by atoms with Crippen molar-refractivity contribution in [2.24, 2.45) is 11.8 Å². The fourth-order valence-electron chi connectivity index (χ4n) is 1.86. The van der Waals surface area contributed by atoms with Crippen molar-refractivity contribution < 1.29 is 88.5 Å². The molecule has 0 saturated heterocycles. The number of halogens is 2. The van der Waals surface area contributed by atoms with Crippen LogP contribution in [0.15, 0.2) is 0 Å². The molecule has 0 spiro atoms. The standard InChI is InChI=1S/C12H30F2N2O17P4.2CH4/c13-15-5-11(7-17)8-32-36(23,24)29-3-1-27-35(21,22)28-2-4-30-37(25,26)33-10-12(6-16-14)9-31-34(18,19)20;;/h11-12,15-17H,1-10H2,(H,21,22)(H,23,24)(H,25,26)(H2,18,19,20);2*1H4/p-4. The van der Waals surface area contributed by atoms with Gasteiger partial charge in [-0.15, -0.1) is 8.96 Å². The second-order valence-electron chi connectivity index (χ2n) is 6.62. The molecule has 0 aliphatic heterocycles. The van der Waals surface area contributed by atoms with Gasteiger partial charge in [-0.1, -0.05) is 14.9 Å². The molecule has 0 saturated carbocycles. The summed E-state index contributed by atoms with van der Waals surface area (Å²) in [6, 6.07) is 0. The van der Waals surface area contributed by atoms with Gasteiger partial charge in [-0.3, -0.25) is 18.3 Å². The summed E-state index contributed by atoms with van der Waals surface area (Å²) in [7, 11) is -20.3. The number of rotatable bonds is 24. The number of hydrogen-bond donors (Lipinski definition) is 4. The third-order valence-corrected chi connectivity index (χ3v) is 6.97. The molecule has 0 heterocycles. The molecule has 0 aromatic rings. The topological polar surface area (TPSA) is 290 Å². The zero-order valence-electron chi connectivity index (χ0n) is 18.8. The Kier molecular flexibility index (Phi) is 24.4. The molecule has 0 rings (SSSR count). The highest BCUT2D eigenvalue weighted by molar-refractivity contribution is 7.46. The molecule has 0 aliphatic carbocycles. The van der Waals surface area contributed by atoms with Crippen LogP contribution in [0.5, 0.6) is 0 Å². The zero-order chi connectivity index (χ0) is 28.6. The van der Waals surface area contributed by atoms with Crippen molar-refractivity contribution in [2.75, 3.05) is 65.9 Å². The Morgan fingerprint density at radius 2 is 0.923 bits per heavy atom. The van der Waals surface area contributed by atoms with E-state index in [0.29, 0.717) is 0 Å². The van der Waals surface area contributed by atoms with E-state index in [0.717, 1.165) is 5.54 Å². The summed E-state index contributed by atoms with van der Waals surface area (Å²) in [6.45, 7) is -7.48. The van der Waals surface area contributed by atoms with E-state index in [9.17, 15) is 46.8 Å². The first kappa shape index (κ1) is 43.6. The lowest BCUT2D eigenvalue weighted by Gasteiger charge is -2.27. The van der Waals surface area contributed by atoms with Crippen LogP contribution in [-0.2, 0) is 49.9 Å². The number of aliphatic hydroxyl groups is 1. The fourth-order valence-corrected chi connectivity index (χ4v) is 4.46. The normalized spacial score (nSPS) is 19.3. The minimum atomic E-state index is -5.16. The molecule has 6 unspecified atom stereocenters. The summed E-state index contributed by atoms with van der Waals surface area (Å²) < 4.78 is 99.3. The van der Waals surface area contributed by atoms with E-state index in [-0.39, 0.29) is 14.9 Å². The molecule has 0 radical (unpaired) electrons. The Morgan fingerprint density at radius 1 is 0.615 bits per heavy atom. The molecule has 19 nitrogen and oxygen atoms in total. The van der Waals surface area contributed by atoms with Gasteiger partial charge in [0.15, 0.2) is 0 Å². The minimum absolute atomic E-state index is 0. The lowest BCUT2D eigenvalue weighted by molar-refractivity contribution is -0.236. The van der Waals surface area contributed by atoms with Crippen LogP contribution in [0.25, 0.3) is 0 Å². The van der Waals surface area contributed by atoms with Crippen LogP contribution < -0.4 is 30.7 Å². The first-order chi connectivity index (χ1) is 17.0. The van der Waals surface area contributed by atoms with Gasteiger partial charge in [-0.05, 0) is 0 Å². The summed E-state index contributed by atoms with van der Waals surface area (Å²) in [5.41, 5.74) is 2.33. The Hall–Kier alpha value is 0.180. The van der Waals surface area contributed by atoms with E-state index in [2.05, 4.69) is 31.7 Å². The smallest absolute Gasteiger partial charge is 0.268 e. The van der Waals surface area contributed by atoms with E-state index in [1.54, 1.807) is 0 Å². The molecule has 6 atom stereocenters. The number of phosphoric ester groups is 4. The number of aliphatic hydroxyl groups excluding tert-OH is 1. The van der Waals surface area contributed by atoms with Crippen molar-refractivity contribution >= 4 is 31.3 Å². The monoisotopic (exact) mass is 664 g/mol. The van der Waals surface area contributed by atoms with Crippen LogP contribution in [0.2, 0.25) is 0 Å². The van der Waals surface area contributed by atoms with Gasteiger partial charge in [-0.25, -0.2) is 0 Å². The quantitative estimate of drug-likeness (QED) is 0.0514. The van der Waals surface area contributed by atoms with Gasteiger partial charge in [-0.2, -0.15) is 11.1 Å². The van der Waals surface area contributed by atoms with Gasteiger partial charge < -0.3 is 61.2 Å². The first-order valence-corrected chi connectivity index (χ1v) is 15.7. The predicted octanol–water partition coefficient (Wildman–Crippen LogP) is -1.59. The van der Waals surface area contributed by atoms with E-state index < -0.39 is 109 Å². The van der Waals surface area contributed by atoms with Gasteiger partial charge in [0.1, 0.15) is 0 Å². The molecule has 0 aromatic carbocycles. The SMILES string of the molecule is C.C.O=P([O-])(O)OCC(CNF)COP(=O)([O-])OCCOP(=O)([O-])OCCOP(=O)([O-])OCC(CO)CNF. The van der Waals surface area contributed by atoms with Crippen molar-refractivity contribution in [3.05, 3.63) is 0 Å². The van der Waals surface area contributed by atoms with Gasteiger partial charge in [0.25, 0.3) is 31.3 Å². The van der Waals surface area contributed by atoms with E-state index in [1.165, 1.54) is 5.54 Å². The Bertz CT molecular complexity index is 824. The largest absolute Gasteiger partial charge is 0.756 e. The van der Waals surface area contributed by atoms with Crippen LogP contribution in [0.1, 0.15) is 14.9 Å². The number of nitrogens with one attached hydrogen (secondary N) is 2. The Balaban J connectivity index is -0.00000648. The summed E-state index contributed by atoms with van der Waals surface area (Å²) in [5, 5.41) is 8.89. The lowest BCUT2D eigenvalue weighted by Crippen LogP contribution is -2.27. The maximum atomic E-state index is 12.2. The van der Waals surface area contributed by atoms with Crippen molar-refractivity contribution in [3.63, 3.8) is 0 Å². The van der Waals surface area contributed by atoms with Gasteiger partial charge >= 0.3 is 0 Å². The molecule has 0 bridgehead atoms. The summed E-state index contributed by atoms with van der Waals surface area (Å²) >= 11 is 0. The Labute approximate surface area is 224 Å². The molecule has 39 heavy (non-hydrogen) atoms. The summed E-state index contributed by atoms with van der Waals surface area (Å²) in [5.74, 6) is -2.12. The fraction of sp³-hybridized carbons (Fsp3) is 1.00. The predicted molar refractivity (Wildman–Crippen MR) is 120 cm³/mol. The van der Waals surface area contributed by atoms with Crippen molar-refractivity contribution in [1.82, 2.24) is 11.1 Å². The van der Waals surface area contributed by atoms with Crippen LogP contribution in [-0.4, -0.2) is 75.9 Å². The molecule has 25 heteroatoms. The average molecular weight is 664 g/mol. The highest BCUT2D eigenvalue weighted by Crippen LogP contribution is 2.42. The van der Waals surface area contributed by atoms with E-state index in [4.69, 9.17) is 10.00 Å². The highest BCUT2D eigenvalue weighted by Gasteiger charge is 2.19. The average Bonchev–Trinajstić information content (AvgIpc) is 2.78. The second kappa shape index (κ2) is 21.8. The van der Waals surface area contributed by atoms with Crippen LogP contribution in [0.4, 0.5) is 8.96 Å². The molecule has 240 valence electrons. The third-order valence-electron chi connectivity index (χ3n) is 3.56. The summed E-state index contributed by atoms with van der Waals surface area (Å²) in [4.78, 5) is 53.7. The van der Waals surface area contributed by atoms with Crippen molar-refractivity contribution in [1.29, 1.82) is 0 Å². The third kappa shape index (κ3) is 25.6. The van der Waals surface area contributed by atoms with Crippen molar-refractivity contribution in [3.8, 4) is 0 Å². The minimum Gasteiger partial charge on any atom is -0.756 e.